The van der Waals surface area contributed by atoms with Crippen molar-refractivity contribution >= 4 is 22.9 Å². The maximum Gasteiger partial charge on any atom is 0.140 e. The van der Waals surface area contributed by atoms with E-state index >= 15 is 0 Å². The highest BCUT2D eigenvalue weighted by atomic mass is 32.1. The lowest BCUT2D eigenvalue weighted by molar-refractivity contribution is 0.590. The van der Waals surface area contributed by atoms with Crippen LogP contribution in [0.5, 0.6) is 0 Å². The van der Waals surface area contributed by atoms with Gasteiger partial charge in [0.2, 0.25) is 0 Å². The van der Waals surface area contributed by atoms with E-state index < -0.39 is 0 Å². The van der Waals surface area contributed by atoms with E-state index in [1.165, 1.54) is 5.56 Å². The maximum absolute atomic E-state index is 7.98. The standard InChI is InChI=1S/C16H21N3S/c1-12(2)18-10-9-13-5-7-14(8-6-13)19-16(17)15-4-3-11-20-15/h3-8,11-12,18H,9-10H2,1-2H3,(H2,17,19). The molecule has 0 fully saturated rings. The number of hydrogen-bond donors (Lipinski definition) is 3. The summed E-state index contributed by atoms with van der Waals surface area (Å²) in [4.78, 5) is 0.954. The van der Waals surface area contributed by atoms with E-state index in [-0.39, 0.29) is 0 Å². The van der Waals surface area contributed by atoms with E-state index in [9.17, 15) is 0 Å². The van der Waals surface area contributed by atoms with Gasteiger partial charge >= 0.3 is 0 Å². The Morgan fingerprint density at radius 1 is 1.20 bits per heavy atom. The highest BCUT2D eigenvalue weighted by Crippen LogP contribution is 2.14. The molecule has 0 aliphatic heterocycles. The molecule has 20 heavy (non-hydrogen) atoms. The first kappa shape index (κ1) is 14.8. The summed E-state index contributed by atoms with van der Waals surface area (Å²) < 4.78 is 0. The van der Waals surface area contributed by atoms with Gasteiger partial charge in [-0.3, -0.25) is 5.41 Å². The molecule has 0 bridgehead atoms. The fourth-order valence-corrected chi connectivity index (χ4v) is 2.52. The highest BCUT2D eigenvalue weighted by Gasteiger charge is 2.02. The highest BCUT2D eigenvalue weighted by molar-refractivity contribution is 7.12. The molecule has 106 valence electrons. The van der Waals surface area contributed by atoms with Crippen LogP contribution in [0.1, 0.15) is 24.3 Å². The maximum atomic E-state index is 7.98. The summed E-state index contributed by atoms with van der Waals surface area (Å²) >= 11 is 1.57. The van der Waals surface area contributed by atoms with Crippen molar-refractivity contribution < 1.29 is 0 Å². The molecular weight excluding hydrogens is 266 g/mol. The molecule has 1 aromatic carbocycles. The third kappa shape index (κ3) is 4.47. The molecule has 2 aromatic rings. The van der Waals surface area contributed by atoms with E-state index in [0.29, 0.717) is 11.9 Å². The van der Waals surface area contributed by atoms with Crippen molar-refractivity contribution in [1.82, 2.24) is 5.32 Å². The molecule has 0 unspecified atom stereocenters. The molecule has 0 saturated heterocycles. The Bertz CT molecular complexity index is 529. The van der Waals surface area contributed by atoms with Crippen molar-refractivity contribution in [3.05, 3.63) is 52.2 Å². The van der Waals surface area contributed by atoms with E-state index in [4.69, 9.17) is 5.41 Å². The topological polar surface area (TPSA) is 47.9 Å². The van der Waals surface area contributed by atoms with Crippen LogP contribution in [0.3, 0.4) is 0 Å². The van der Waals surface area contributed by atoms with Crippen molar-refractivity contribution in [2.45, 2.75) is 26.3 Å². The summed E-state index contributed by atoms with van der Waals surface area (Å²) in [6.45, 7) is 5.31. The van der Waals surface area contributed by atoms with Gasteiger partial charge in [-0.15, -0.1) is 11.3 Å². The molecule has 0 aliphatic rings. The van der Waals surface area contributed by atoms with E-state index in [2.05, 4.69) is 36.6 Å². The third-order valence-electron chi connectivity index (χ3n) is 2.96. The number of anilines is 1. The average molecular weight is 287 g/mol. The Balaban J connectivity index is 1.87. The fraction of sp³-hybridized carbons (Fsp3) is 0.312. The van der Waals surface area contributed by atoms with Gasteiger partial charge in [0.05, 0.1) is 4.88 Å². The molecule has 0 atom stereocenters. The van der Waals surface area contributed by atoms with Gasteiger partial charge in [-0.1, -0.05) is 32.0 Å². The number of benzene rings is 1. The quantitative estimate of drug-likeness (QED) is 0.560. The van der Waals surface area contributed by atoms with Gasteiger partial charge in [0.15, 0.2) is 0 Å². The third-order valence-corrected chi connectivity index (χ3v) is 3.84. The Morgan fingerprint density at radius 2 is 1.95 bits per heavy atom. The van der Waals surface area contributed by atoms with Crippen LogP contribution in [0.4, 0.5) is 5.69 Å². The van der Waals surface area contributed by atoms with Crippen LogP contribution in [0.2, 0.25) is 0 Å². The predicted molar refractivity (Wildman–Crippen MR) is 88.1 cm³/mol. The lowest BCUT2D eigenvalue weighted by Gasteiger charge is -2.09. The van der Waals surface area contributed by atoms with Crippen molar-refractivity contribution in [2.75, 3.05) is 11.9 Å². The number of thiophene rings is 1. The van der Waals surface area contributed by atoms with Crippen LogP contribution in [0.25, 0.3) is 0 Å². The Hall–Kier alpha value is -1.65. The first-order valence-corrected chi connectivity index (χ1v) is 7.75. The van der Waals surface area contributed by atoms with Crippen LogP contribution in [-0.4, -0.2) is 18.4 Å². The van der Waals surface area contributed by atoms with Crippen molar-refractivity contribution in [3.8, 4) is 0 Å². The molecule has 2 rings (SSSR count). The summed E-state index contributed by atoms with van der Waals surface area (Å²) in [5.74, 6) is 0.453. The Labute approximate surface area is 124 Å². The molecule has 0 radical (unpaired) electrons. The smallest absolute Gasteiger partial charge is 0.140 e. The number of rotatable bonds is 6. The number of nitrogens with one attached hydrogen (secondary N) is 3. The number of amidine groups is 1. The van der Waals surface area contributed by atoms with Gasteiger partial charge < -0.3 is 10.6 Å². The first-order chi connectivity index (χ1) is 9.65. The first-order valence-electron chi connectivity index (χ1n) is 6.87. The largest absolute Gasteiger partial charge is 0.340 e. The summed E-state index contributed by atoms with van der Waals surface area (Å²) in [7, 11) is 0. The molecule has 4 heteroatoms. The lowest BCUT2D eigenvalue weighted by Crippen LogP contribution is -2.24. The summed E-state index contributed by atoms with van der Waals surface area (Å²) in [6.07, 6.45) is 1.03. The van der Waals surface area contributed by atoms with Crippen LogP contribution < -0.4 is 10.6 Å². The summed E-state index contributed by atoms with van der Waals surface area (Å²) in [5, 5.41) is 16.5. The van der Waals surface area contributed by atoms with Crippen LogP contribution in [-0.2, 0) is 6.42 Å². The van der Waals surface area contributed by atoms with Gasteiger partial charge in [-0.2, -0.15) is 0 Å². The molecule has 1 heterocycles. The van der Waals surface area contributed by atoms with Gasteiger partial charge in [-0.25, -0.2) is 0 Å². The van der Waals surface area contributed by atoms with Gasteiger partial charge in [0.1, 0.15) is 5.84 Å². The van der Waals surface area contributed by atoms with Crippen LogP contribution in [0, 0.1) is 5.41 Å². The molecule has 0 aliphatic carbocycles. The molecule has 1 aromatic heterocycles. The van der Waals surface area contributed by atoms with Crippen LogP contribution in [0.15, 0.2) is 41.8 Å². The molecule has 0 spiro atoms. The fourth-order valence-electron chi connectivity index (χ4n) is 1.89. The predicted octanol–water partition coefficient (Wildman–Crippen LogP) is 3.73. The molecular formula is C16H21N3S. The zero-order valence-electron chi connectivity index (χ0n) is 11.9. The second-order valence-corrected chi connectivity index (χ2v) is 5.98. The minimum Gasteiger partial charge on any atom is -0.340 e. The second kappa shape index (κ2) is 7.22. The Morgan fingerprint density at radius 3 is 2.55 bits per heavy atom. The van der Waals surface area contributed by atoms with Gasteiger partial charge in [0, 0.05) is 11.7 Å². The minimum absolute atomic E-state index is 0.453. The average Bonchev–Trinajstić information content (AvgIpc) is 2.94. The minimum atomic E-state index is 0.453. The SMILES string of the molecule is CC(C)NCCc1ccc(NC(=N)c2cccs2)cc1. The monoisotopic (exact) mass is 287 g/mol. The second-order valence-electron chi connectivity index (χ2n) is 5.03. The Kier molecular flexibility index (Phi) is 5.32. The van der Waals surface area contributed by atoms with Gasteiger partial charge in [0.25, 0.3) is 0 Å². The van der Waals surface area contributed by atoms with E-state index in [0.717, 1.165) is 23.5 Å². The molecule has 0 saturated carbocycles. The molecule has 3 N–H and O–H groups in total. The zero-order chi connectivity index (χ0) is 14.4. The van der Waals surface area contributed by atoms with Crippen molar-refractivity contribution in [2.24, 2.45) is 0 Å². The summed E-state index contributed by atoms with van der Waals surface area (Å²) in [6, 6.07) is 12.7. The zero-order valence-corrected chi connectivity index (χ0v) is 12.8. The van der Waals surface area contributed by atoms with Gasteiger partial charge in [-0.05, 0) is 42.1 Å². The summed E-state index contributed by atoms with van der Waals surface area (Å²) in [5.41, 5.74) is 2.27. The number of hydrogen-bond acceptors (Lipinski definition) is 3. The normalized spacial score (nSPS) is 10.8. The molecule has 0 amide bonds. The van der Waals surface area contributed by atoms with E-state index in [1.807, 2.05) is 29.6 Å². The van der Waals surface area contributed by atoms with Crippen molar-refractivity contribution in [1.29, 1.82) is 5.41 Å². The lowest BCUT2D eigenvalue weighted by atomic mass is 10.1. The molecule has 3 nitrogen and oxygen atoms in total. The van der Waals surface area contributed by atoms with Crippen molar-refractivity contribution in [3.63, 3.8) is 0 Å². The van der Waals surface area contributed by atoms with E-state index in [1.54, 1.807) is 11.3 Å². The van der Waals surface area contributed by atoms with Crippen LogP contribution >= 0.6 is 11.3 Å².